The van der Waals surface area contributed by atoms with Gasteiger partial charge in [0.25, 0.3) is 0 Å². The molecule has 0 bridgehead atoms. The Labute approximate surface area is 129 Å². The molecule has 0 saturated carbocycles. The molecule has 1 unspecified atom stereocenters. The SMILES string of the molecule is COc1cc(CC2CCCNC2)c(OC)c(C(C)(C)C)c1. The number of ether oxygens (including phenoxy) is 2. The zero-order chi connectivity index (χ0) is 15.5. The van der Waals surface area contributed by atoms with Crippen molar-refractivity contribution < 1.29 is 9.47 Å². The third-order valence-electron chi connectivity index (χ3n) is 4.29. The lowest BCUT2D eigenvalue weighted by atomic mass is 9.83. The molecule has 1 saturated heterocycles. The van der Waals surface area contributed by atoms with Crippen LogP contribution in [-0.2, 0) is 11.8 Å². The van der Waals surface area contributed by atoms with Crippen molar-refractivity contribution in [2.75, 3.05) is 27.3 Å². The normalized spacial score (nSPS) is 19.4. The van der Waals surface area contributed by atoms with Gasteiger partial charge in [-0.3, -0.25) is 0 Å². The van der Waals surface area contributed by atoms with E-state index in [1.807, 2.05) is 0 Å². The fourth-order valence-corrected chi connectivity index (χ4v) is 3.14. The molecule has 1 atom stereocenters. The number of nitrogens with one attached hydrogen (secondary N) is 1. The minimum absolute atomic E-state index is 0.0411. The van der Waals surface area contributed by atoms with Gasteiger partial charge in [-0.05, 0) is 61.4 Å². The second-order valence-corrected chi connectivity index (χ2v) is 7.03. The maximum Gasteiger partial charge on any atom is 0.126 e. The van der Waals surface area contributed by atoms with Gasteiger partial charge in [0.1, 0.15) is 11.5 Å². The largest absolute Gasteiger partial charge is 0.497 e. The molecule has 3 nitrogen and oxygen atoms in total. The summed E-state index contributed by atoms with van der Waals surface area (Å²) in [6.07, 6.45) is 3.61. The second-order valence-electron chi connectivity index (χ2n) is 7.03. The Morgan fingerprint density at radius 2 is 1.95 bits per heavy atom. The highest BCUT2D eigenvalue weighted by Gasteiger charge is 2.24. The van der Waals surface area contributed by atoms with Gasteiger partial charge < -0.3 is 14.8 Å². The van der Waals surface area contributed by atoms with E-state index < -0.39 is 0 Å². The summed E-state index contributed by atoms with van der Waals surface area (Å²) in [7, 11) is 3.51. The zero-order valence-corrected chi connectivity index (χ0v) is 14.1. The molecule has 21 heavy (non-hydrogen) atoms. The second kappa shape index (κ2) is 6.69. The van der Waals surface area contributed by atoms with Crippen LogP contribution in [0.4, 0.5) is 0 Å². The van der Waals surface area contributed by atoms with Crippen molar-refractivity contribution in [2.45, 2.75) is 45.4 Å². The maximum absolute atomic E-state index is 5.77. The van der Waals surface area contributed by atoms with Gasteiger partial charge in [-0.15, -0.1) is 0 Å². The Balaban J connectivity index is 2.37. The average molecular weight is 291 g/mol. The van der Waals surface area contributed by atoms with E-state index in [4.69, 9.17) is 9.47 Å². The Morgan fingerprint density at radius 3 is 2.48 bits per heavy atom. The average Bonchev–Trinajstić information content (AvgIpc) is 2.46. The van der Waals surface area contributed by atoms with Crippen LogP contribution < -0.4 is 14.8 Å². The van der Waals surface area contributed by atoms with Crippen molar-refractivity contribution in [3.05, 3.63) is 23.3 Å². The van der Waals surface area contributed by atoms with Crippen molar-refractivity contribution in [1.29, 1.82) is 0 Å². The van der Waals surface area contributed by atoms with E-state index in [0.29, 0.717) is 5.92 Å². The summed E-state index contributed by atoms with van der Waals surface area (Å²) in [6, 6.07) is 4.25. The van der Waals surface area contributed by atoms with Crippen LogP contribution >= 0.6 is 0 Å². The first kappa shape index (κ1) is 16.2. The third kappa shape index (κ3) is 3.91. The molecule has 1 heterocycles. The molecule has 118 valence electrons. The molecule has 1 aromatic carbocycles. The predicted molar refractivity (Wildman–Crippen MR) is 87.5 cm³/mol. The molecule has 1 aromatic rings. The molecule has 1 fully saturated rings. The number of methoxy groups -OCH3 is 2. The standard InChI is InChI=1S/C18H29NO2/c1-18(2,3)16-11-15(20-4)10-14(17(16)21-5)9-13-7-6-8-19-12-13/h10-11,13,19H,6-9,12H2,1-5H3. The van der Waals surface area contributed by atoms with Gasteiger partial charge in [0.05, 0.1) is 14.2 Å². The van der Waals surface area contributed by atoms with Gasteiger partial charge in [-0.1, -0.05) is 20.8 Å². The fraction of sp³-hybridized carbons (Fsp3) is 0.667. The van der Waals surface area contributed by atoms with Crippen molar-refractivity contribution in [2.24, 2.45) is 5.92 Å². The summed E-state index contributed by atoms with van der Waals surface area (Å²) in [5, 5.41) is 3.49. The van der Waals surface area contributed by atoms with Crippen LogP contribution in [0.15, 0.2) is 12.1 Å². The van der Waals surface area contributed by atoms with Gasteiger partial charge in [-0.2, -0.15) is 0 Å². The van der Waals surface area contributed by atoms with Crippen molar-refractivity contribution in [3.8, 4) is 11.5 Å². The third-order valence-corrected chi connectivity index (χ3v) is 4.29. The van der Waals surface area contributed by atoms with Crippen LogP contribution in [-0.4, -0.2) is 27.3 Å². The molecular formula is C18H29NO2. The van der Waals surface area contributed by atoms with Gasteiger partial charge >= 0.3 is 0 Å². The molecule has 1 aliphatic heterocycles. The number of rotatable bonds is 4. The summed E-state index contributed by atoms with van der Waals surface area (Å²) in [5.74, 6) is 2.65. The van der Waals surface area contributed by atoms with Crippen LogP contribution in [0.3, 0.4) is 0 Å². The number of piperidine rings is 1. The van der Waals surface area contributed by atoms with Crippen LogP contribution in [0.2, 0.25) is 0 Å². The molecule has 3 heteroatoms. The summed E-state index contributed by atoms with van der Waals surface area (Å²) in [4.78, 5) is 0. The number of hydrogen-bond donors (Lipinski definition) is 1. The smallest absolute Gasteiger partial charge is 0.126 e. The summed E-state index contributed by atoms with van der Waals surface area (Å²) in [6.45, 7) is 8.91. The van der Waals surface area contributed by atoms with Gasteiger partial charge in [0.15, 0.2) is 0 Å². The quantitative estimate of drug-likeness (QED) is 0.920. The van der Waals surface area contributed by atoms with Crippen LogP contribution in [0.5, 0.6) is 11.5 Å². The van der Waals surface area contributed by atoms with E-state index in [0.717, 1.165) is 31.0 Å². The van der Waals surface area contributed by atoms with E-state index in [2.05, 4.69) is 38.2 Å². The number of hydrogen-bond acceptors (Lipinski definition) is 3. The van der Waals surface area contributed by atoms with Crippen LogP contribution in [0.1, 0.15) is 44.7 Å². The first-order chi connectivity index (χ1) is 9.95. The minimum Gasteiger partial charge on any atom is -0.497 e. The van der Waals surface area contributed by atoms with Gasteiger partial charge in [0, 0.05) is 5.56 Å². The van der Waals surface area contributed by atoms with Crippen molar-refractivity contribution >= 4 is 0 Å². The maximum atomic E-state index is 5.77. The van der Waals surface area contributed by atoms with E-state index >= 15 is 0 Å². The molecule has 1 N–H and O–H groups in total. The highest BCUT2D eigenvalue weighted by Crippen LogP contribution is 2.38. The van der Waals surface area contributed by atoms with Gasteiger partial charge in [-0.25, -0.2) is 0 Å². The predicted octanol–water partition coefficient (Wildman–Crippen LogP) is 3.54. The molecule has 0 spiro atoms. The highest BCUT2D eigenvalue weighted by molar-refractivity contribution is 5.50. The first-order valence-electron chi connectivity index (χ1n) is 7.91. The summed E-state index contributed by atoms with van der Waals surface area (Å²) >= 11 is 0. The fourth-order valence-electron chi connectivity index (χ4n) is 3.14. The Kier molecular flexibility index (Phi) is 5.15. The topological polar surface area (TPSA) is 30.5 Å². The van der Waals surface area contributed by atoms with Gasteiger partial charge in [0.2, 0.25) is 0 Å². The Bertz CT molecular complexity index is 471. The molecule has 0 amide bonds. The van der Waals surface area contributed by atoms with Crippen LogP contribution in [0, 0.1) is 5.92 Å². The monoisotopic (exact) mass is 291 g/mol. The Morgan fingerprint density at radius 1 is 1.19 bits per heavy atom. The lowest BCUT2D eigenvalue weighted by Gasteiger charge is -2.27. The lowest BCUT2D eigenvalue weighted by Crippen LogP contribution is -2.31. The minimum atomic E-state index is 0.0411. The zero-order valence-electron chi connectivity index (χ0n) is 14.1. The molecule has 0 radical (unpaired) electrons. The molecule has 2 rings (SSSR count). The molecule has 1 aliphatic rings. The molecule has 0 aromatic heterocycles. The molecular weight excluding hydrogens is 262 g/mol. The van der Waals surface area contributed by atoms with Crippen molar-refractivity contribution in [3.63, 3.8) is 0 Å². The van der Waals surface area contributed by atoms with E-state index in [1.165, 1.54) is 24.0 Å². The van der Waals surface area contributed by atoms with E-state index in [1.54, 1.807) is 14.2 Å². The number of benzene rings is 1. The summed E-state index contributed by atoms with van der Waals surface area (Å²) < 4.78 is 11.3. The summed E-state index contributed by atoms with van der Waals surface area (Å²) in [5.41, 5.74) is 2.54. The van der Waals surface area contributed by atoms with E-state index in [-0.39, 0.29) is 5.41 Å². The Hall–Kier alpha value is -1.22. The van der Waals surface area contributed by atoms with Crippen LogP contribution in [0.25, 0.3) is 0 Å². The molecule has 0 aliphatic carbocycles. The van der Waals surface area contributed by atoms with Crippen molar-refractivity contribution in [1.82, 2.24) is 5.32 Å². The highest BCUT2D eigenvalue weighted by atomic mass is 16.5. The van der Waals surface area contributed by atoms with E-state index in [9.17, 15) is 0 Å². The first-order valence-corrected chi connectivity index (χ1v) is 7.91. The lowest BCUT2D eigenvalue weighted by molar-refractivity contribution is 0.355.